The molecule has 21 heavy (non-hydrogen) atoms. The fourth-order valence-corrected chi connectivity index (χ4v) is 2.54. The van der Waals surface area contributed by atoms with Crippen molar-refractivity contribution < 1.29 is 19.5 Å². The van der Waals surface area contributed by atoms with Crippen LogP contribution in [0.4, 0.5) is 0 Å². The largest absolute Gasteiger partial charge is 0.481 e. The standard InChI is InChI=1S/C14H20N2O4S/c1-9(14(19)20)5-6-15-13(18)8-11(16-10(2)17)12-4-3-7-21-12/h3-4,7,9,11H,5-6,8H2,1-2H3,(H,15,18)(H,16,17)(H,19,20). The van der Waals surface area contributed by atoms with E-state index in [9.17, 15) is 14.4 Å². The summed E-state index contributed by atoms with van der Waals surface area (Å²) in [7, 11) is 0. The molecule has 6 nitrogen and oxygen atoms in total. The van der Waals surface area contributed by atoms with Crippen LogP contribution in [-0.2, 0) is 14.4 Å². The van der Waals surface area contributed by atoms with Gasteiger partial charge < -0.3 is 15.7 Å². The summed E-state index contributed by atoms with van der Waals surface area (Å²) in [6, 6.07) is 3.38. The summed E-state index contributed by atoms with van der Waals surface area (Å²) in [6.45, 7) is 3.32. The summed E-state index contributed by atoms with van der Waals surface area (Å²) in [5.41, 5.74) is 0. The van der Waals surface area contributed by atoms with Gasteiger partial charge in [-0.15, -0.1) is 11.3 Å². The van der Waals surface area contributed by atoms with Crippen LogP contribution >= 0.6 is 11.3 Å². The first-order valence-electron chi connectivity index (χ1n) is 6.70. The molecule has 3 N–H and O–H groups in total. The number of carbonyl (C=O) groups is 3. The van der Waals surface area contributed by atoms with Gasteiger partial charge in [0.25, 0.3) is 0 Å². The van der Waals surface area contributed by atoms with E-state index in [0.29, 0.717) is 13.0 Å². The summed E-state index contributed by atoms with van der Waals surface area (Å²) in [5.74, 6) is -1.77. The van der Waals surface area contributed by atoms with Crippen LogP contribution in [0, 0.1) is 5.92 Å². The molecule has 0 aliphatic carbocycles. The highest BCUT2D eigenvalue weighted by atomic mass is 32.1. The monoisotopic (exact) mass is 312 g/mol. The van der Waals surface area contributed by atoms with E-state index < -0.39 is 11.9 Å². The predicted octanol–water partition coefficient (Wildman–Crippen LogP) is 1.54. The quantitative estimate of drug-likeness (QED) is 0.678. The van der Waals surface area contributed by atoms with Gasteiger partial charge in [0.1, 0.15) is 0 Å². The first-order chi connectivity index (χ1) is 9.90. The minimum absolute atomic E-state index is 0.140. The van der Waals surface area contributed by atoms with E-state index in [4.69, 9.17) is 5.11 Å². The molecule has 1 aromatic heterocycles. The van der Waals surface area contributed by atoms with E-state index in [1.807, 2.05) is 17.5 Å². The van der Waals surface area contributed by atoms with E-state index >= 15 is 0 Å². The number of hydrogen-bond donors (Lipinski definition) is 3. The molecule has 7 heteroatoms. The first kappa shape index (κ1) is 17.2. The fraction of sp³-hybridized carbons (Fsp3) is 0.500. The Morgan fingerprint density at radius 2 is 2.10 bits per heavy atom. The zero-order valence-corrected chi connectivity index (χ0v) is 12.9. The normalized spacial score (nSPS) is 13.2. The third kappa shape index (κ3) is 6.40. The molecule has 1 aromatic rings. The molecule has 0 aromatic carbocycles. The minimum Gasteiger partial charge on any atom is -0.481 e. The lowest BCUT2D eigenvalue weighted by molar-refractivity contribution is -0.141. The fourth-order valence-electron chi connectivity index (χ4n) is 1.77. The van der Waals surface area contributed by atoms with Gasteiger partial charge in [-0.05, 0) is 17.9 Å². The Hall–Kier alpha value is -1.89. The summed E-state index contributed by atoms with van der Waals surface area (Å²) in [4.78, 5) is 34.7. The zero-order valence-electron chi connectivity index (χ0n) is 12.1. The lowest BCUT2D eigenvalue weighted by Gasteiger charge is -2.16. The average Bonchev–Trinajstić information content (AvgIpc) is 2.90. The second kappa shape index (κ2) is 8.41. The number of nitrogens with one attached hydrogen (secondary N) is 2. The van der Waals surface area contributed by atoms with Crippen molar-refractivity contribution in [2.24, 2.45) is 5.92 Å². The molecule has 2 unspecified atom stereocenters. The molecule has 0 radical (unpaired) electrons. The van der Waals surface area contributed by atoms with E-state index in [0.717, 1.165) is 4.88 Å². The molecule has 2 atom stereocenters. The molecule has 0 spiro atoms. The van der Waals surface area contributed by atoms with Crippen molar-refractivity contribution in [2.45, 2.75) is 32.7 Å². The molecule has 1 rings (SSSR count). The highest BCUT2D eigenvalue weighted by Crippen LogP contribution is 2.21. The van der Waals surface area contributed by atoms with Crippen molar-refractivity contribution in [1.82, 2.24) is 10.6 Å². The highest BCUT2D eigenvalue weighted by molar-refractivity contribution is 7.10. The van der Waals surface area contributed by atoms with Crippen LogP contribution in [-0.4, -0.2) is 29.4 Å². The molecule has 0 saturated heterocycles. The van der Waals surface area contributed by atoms with Gasteiger partial charge in [-0.2, -0.15) is 0 Å². The zero-order chi connectivity index (χ0) is 15.8. The van der Waals surface area contributed by atoms with E-state index in [-0.39, 0.29) is 24.3 Å². The highest BCUT2D eigenvalue weighted by Gasteiger charge is 2.18. The molecular formula is C14H20N2O4S. The van der Waals surface area contributed by atoms with Gasteiger partial charge in [0.15, 0.2) is 0 Å². The Balaban J connectivity index is 2.46. The number of amides is 2. The molecule has 116 valence electrons. The van der Waals surface area contributed by atoms with E-state index in [1.165, 1.54) is 18.3 Å². The predicted molar refractivity (Wildman–Crippen MR) is 79.9 cm³/mol. The van der Waals surface area contributed by atoms with E-state index in [1.54, 1.807) is 6.92 Å². The van der Waals surface area contributed by atoms with Crippen LogP contribution in [0.15, 0.2) is 17.5 Å². The van der Waals surface area contributed by atoms with Gasteiger partial charge in [-0.3, -0.25) is 14.4 Å². The Morgan fingerprint density at radius 3 is 2.62 bits per heavy atom. The van der Waals surface area contributed by atoms with Crippen molar-refractivity contribution in [3.8, 4) is 0 Å². The van der Waals surface area contributed by atoms with Crippen LogP contribution in [0.2, 0.25) is 0 Å². The van der Waals surface area contributed by atoms with Crippen LogP contribution in [0.5, 0.6) is 0 Å². The number of hydrogen-bond acceptors (Lipinski definition) is 4. The SMILES string of the molecule is CC(=O)NC(CC(=O)NCCC(C)C(=O)O)c1cccs1. The maximum absolute atomic E-state index is 11.9. The number of carboxylic acids is 1. The number of thiophene rings is 1. The topological polar surface area (TPSA) is 95.5 Å². The molecule has 0 aliphatic heterocycles. The van der Waals surface area contributed by atoms with Crippen LogP contribution < -0.4 is 10.6 Å². The van der Waals surface area contributed by atoms with E-state index in [2.05, 4.69) is 10.6 Å². The summed E-state index contributed by atoms with van der Waals surface area (Å²) in [5, 5.41) is 16.1. The maximum atomic E-state index is 11.9. The molecule has 0 bridgehead atoms. The van der Waals surface area contributed by atoms with Crippen molar-refractivity contribution in [2.75, 3.05) is 6.54 Å². The number of rotatable bonds is 8. The van der Waals surface area contributed by atoms with Crippen LogP contribution in [0.25, 0.3) is 0 Å². The lowest BCUT2D eigenvalue weighted by Crippen LogP contribution is -2.33. The Kier molecular flexibility index (Phi) is 6.87. The summed E-state index contributed by atoms with van der Waals surface area (Å²) < 4.78 is 0. The molecule has 1 heterocycles. The van der Waals surface area contributed by atoms with Gasteiger partial charge in [0.05, 0.1) is 18.4 Å². The number of carboxylic acid groups (broad SMARTS) is 1. The van der Waals surface area contributed by atoms with Crippen molar-refractivity contribution >= 4 is 29.1 Å². The number of aliphatic carboxylic acids is 1. The Bertz CT molecular complexity index is 487. The summed E-state index contributed by atoms with van der Waals surface area (Å²) >= 11 is 1.48. The minimum atomic E-state index is -0.876. The third-order valence-corrected chi connectivity index (χ3v) is 3.96. The Labute approximate surface area is 127 Å². The first-order valence-corrected chi connectivity index (χ1v) is 7.58. The van der Waals surface area contributed by atoms with Crippen molar-refractivity contribution in [1.29, 1.82) is 0 Å². The third-order valence-electron chi connectivity index (χ3n) is 2.97. The van der Waals surface area contributed by atoms with Gasteiger partial charge in [0, 0.05) is 18.3 Å². The van der Waals surface area contributed by atoms with Gasteiger partial charge in [-0.1, -0.05) is 13.0 Å². The second-order valence-electron chi connectivity index (χ2n) is 4.85. The molecule has 2 amide bonds. The van der Waals surface area contributed by atoms with Crippen molar-refractivity contribution in [3.63, 3.8) is 0 Å². The van der Waals surface area contributed by atoms with Crippen molar-refractivity contribution in [3.05, 3.63) is 22.4 Å². The molecular weight excluding hydrogens is 292 g/mol. The summed E-state index contributed by atoms with van der Waals surface area (Å²) in [6.07, 6.45) is 0.520. The molecule has 0 saturated carbocycles. The smallest absolute Gasteiger partial charge is 0.306 e. The van der Waals surface area contributed by atoms with Crippen LogP contribution in [0.3, 0.4) is 0 Å². The van der Waals surface area contributed by atoms with Gasteiger partial charge in [0.2, 0.25) is 11.8 Å². The molecule has 0 aliphatic rings. The lowest BCUT2D eigenvalue weighted by atomic mass is 10.1. The second-order valence-corrected chi connectivity index (χ2v) is 5.83. The van der Waals surface area contributed by atoms with Crippen LogP contribution in [0.1, 0.15) is 37.6 Å². The molecule has 0 fully saturated rings. The average molecular weight is 312 g/mol. The van der Waals surface area contributed by atoms with Gasteiger partial charge >= 0.3 is 5.97 Å². The van der Waals surface area contributed by atoms with Gasteiger partial charge in [-0.25, -0.2) is 0 Å². The number of carbonyl (C=O) groups excluding carboxylic acids is 2. The maximum Gasteiger partial charge on any atom is 0.306 e. The Morgan fingerprint density at radius 1 is 1.38 bits per heavy atom.